The third kappa shape index (κ3) is 3.95. The molecule has 1 N–H and O–H groups in total. The minimum absolute atomic E-state index is 0.0575. The van der Waals surface area contributed by atoms with E-state index >= 15 is 0 Å². The van der Waals surface area contributed by atoms with Gasteiger partial charge in [-0.25, -0.2) is 0 Å². The molecule has 20 heavy (non-hydrogen) atoms. The van der Waals surface area contributed by atoms with Crippen molar-refractivity contribution in [2.45, 2.75) is 65.6 Å². The van der Waals surface area contributed by atoms with Gasteiger partial charge in [-0.2, -0.15) is 0 Å². The van der Waals surface area contributed by atoms with Crippen molar-refractivity contribution in [2.24, 2.45) is 11.3 Å². The molecule has 0 aromatic carbocycles. The second-order valence-corrected chi connectivity index (χ2v) is 7.39. The van der Waals surface area contributed by atoms with E-state index in [1.54, 1.807) is 41.5 Å². The quantitative estimate of drug-likeness (QED) is 0.632. The van der Waals surface area contributed by atoms with Gasteiger partial charge in [-0.15, -0.1) is 0 Å². The summed E-state index contributed by atoms with van der Waals surface area (Å²) < 4.78 is 10.7. The number of hydrogen-bond donors (Lipinski definition) is 1. The smallest absolute Gasteiger partial charge is 0.324 e. The Morgan fingerprint density at radius 3 is 1.75 bits per heavy atom. The van der Waals surface area contributed by atoms with E-state index in [9.17, 15) is 9.59 Å². The largest absolute Gasteiger partial charge is 0.459 e. The molecule has 116 valence electrons. The maximum atomic E-state index is 12.4. The number of carbonyl (C=O) groups excluding carboxylic acids is 2. The van der Waals surface area contributed by atoms with Crippen LogP contribution in [0.25, 0.3) is 0 Å². The van der Waals surface area contributed by atoms with Gasteiger partial charge in [-0.3, -0.25) is 9.59 Å². The monoisotopic (exact) mass is 286 g/mol. The molecular weight excluding hydrogens is 260 g/mol. The Morgan fingerprint density at radius 1 is 1.05 bits per heavy atom. The van der Waals surface area contributed by atoms with Crippen LogP contribution in [0.5, 0.6) is 0 Å². The average Bonchev–Trinajstić information content (AvgIpc) is 2.88. The molecule has 5 nitrogen and oxygen atoms in total. The predicted molar refractivity (Wildman–Crippen MR) is 73.9 cm³/mol. The first-order valence-electron chi connectivity index (χ1n) is 7.00. The van der Waals surface area contributed by atoms with Crippen LogP contribution in [0.2, 0.25) is 0 Å². The van der Waals surface area contributed by atoms with Crippen LogP contribution < -0.4 is 0 Å². The fourth-order valence-electron chi connectivity index (χ4n) is 2.16. The molecule has 0 aromatic heterocycles. The van der Waals surface area contributed by atoms with Crippen LogP contribution in [0.15, 0.2) is 0 Å². The van der Waals surface area contributed by atoms with Crippen molar-refractivity contribution in [3.63, 3.8) is 0 Å². The molecule has 0 bridgehead atoms. The van der Waals surface area contributed by atoms with Gasteiger partial charge < -0.3 is 14.6 Å². The third-order valence-corrected chi connectivity index (χ3v) is 3.11. The molecule has 0 unspecified atom stereocenters. The van der Waals surface area contributed by atoms with E-state index in [0.29, 0.717) is 12.8 Å². The normalized spacial score (nSPS) is 21.2. The van der Waals surface area contributed by atoms with Crippen LogP contribution in [0.4, 0.5) is 0 Å². The zero-order valence-electron chi connectivity index (χ0n) is 13.3. The Morgan fingerprint density at radius 2 is 1.45 bits per heavy atom. The van der Waals surface area contributed by atoms with Crippen molar-refractivity contribution in [1.29, 1.82) is 0 Å². The lowest BCUT2D eigenvalue weighted by Gasteiger charge is -2.27. The van der Waals surface area contributed by atoms with E-state index in [2.05, 4.69) is 0 Å². The van der Waals surface area contributed by atoms with Gasteiger partial charge in [0.2, 0.25) is 0 Å². The SMILES string of the molecule is CC(C)(C)OC(=O)C1(C(=O)OC(C)(C)C)C[C@@H]1CCO. The molecule has 5 heteroatoms. The van der Waals surface area contributed by atoms with Gasteiger partial charge in [-0.1, -0.05) is 0 Å². The van der Waals surface area contributed by atoms with Crippen molar-refractivity contribution >= 4 is 11.9 Å². The molecule has 1 atom stereocenters. The highest BCUT2D eigenvalue weighted by atomic mass is 16.6. The molecule has 1 rings (SSSR count). The first-order chi connectivity index (χ1) is 8.92. The maximum absolute atomic E-state index is 12.4. The summed E-state index contributed by atoms with van der Waals surface area (Å²) in [4.78, 5) is 24.7. The fraction of sp³-hybridized carbons (Fsp3) is 0.867. The van der Waals surface area contributed by atoms with Crippen LogP contribution in [-0.4, -0.2) is 34.9 Å². The minimum Gasteiger partial charge on any atom is -0.459 e. The molecule has 0 aliphatic heterocycles. The van der Waals surface area contributed by atoms with E-state index in [1.807, 2.05) is 0 Å². The molecule has 1 aliphatic rings. The Balaban J connectivity index is 2.90. The highest BCUT2D eigenvalue weighted by molar-refractivity contribution is 6.04. The van der Waals surface area contributed by atoms with Crippen LogP contribution in [0.3, 0.4) is 0 Å². The summed E-state index contributed by atoms with van der Waals surface area (Å²) in [6.45, 7) is 10.5. The molecule has 0 saturated heterocycles. The van der Waals surface area contributed by atoms with Gasteiger partial charge in [0.25, 0.3) is 0 Å². The van der Waals surface area contributed by atoms with Crippen LogP contribution >= 0.6 is 0 Å². The number of hydrogen-bond acceptors (Lipinski definition) is 5. The van der Waals surface area contributed by atoms with E-state index in [1.165, 1.54) is 0 Å². The Bertz CT molecular complexity index is 358. The standard InChI is InChI=1S/C15H26O5/c1-13(2,3)19-11(17)15(9-10(15)7-8-16)12(18)20-14(4,5)6/h10,16H,7-9H2,1-6H3/t10-/m0/s1. The molecule has 0 amide bonds. The summed E-state index contributed by atoms with van der Waals surface area (Å²) >= 11 is 0. The van der Waals surface area contributed by atoms with E-state index in [-0.39, 0.29) is 12.5 Å². The average molecular weight is 286 g/mol. The number of carbonyl (C=O) groups is 2. The first-order valence-corrected chi connectivity index (χ1v) is 7.00. The summed E-state index contributed by atoms with van der Waals surface area (Å²) in [7, 11) is 0. The third-order valence-electron chi connectivity index (χ3n) is 3.11. The summed E-state index contributed by atoms with van der Waals surface area (Å²) in [5, 5.41) is 9.03. The van der Waals surface area contributed by atoms with Gasteiger partial charge in [-0.05, 0) is 60.3 Å². The molecule has 0 aromatic rings. The lowest BCUT2D eigenvalue weighted by atomic mass is 10.0. The number of ether oxygens (including phenoxy) is 2. The second kappa shape index (κ2) is 5.35. The lowest BCUT2D eigenvalue weighted by Crippen LogP contribution is -2.39. The van der Waals surface area contributed by atoms with Crippen molar-refractivity contribution in [3.05, 3.63) is 0 Å². The molecule has 0 heterocycles. The maximum Gasteiger partial charge on any atom is 0.324 e. The van der Waals surface area contributed by atoms with Gasteiger partial charge >= 0.3 is 11.9 Å². The summed E-state index contributed by atoms with van der Waals surface area (Å²) in [5.41, 5.74) is -2.54. The van der Waals surface area contributed by atoms with Crippen molar-refractivity contribution < 1.29 is 24.2 Å². The zero-order valence-corrected chi connectivity index (χ0v) is 13.3. The van der Waals surface area contributed by atoms with Gasteiger partial charge in [0.15, 0.2) is 5.41 Å². The number of esters is 2. The topological polar surface area (TPSA) is 72.8 Å². The van der Waals surface area contributed by atoms with Crippen LogP contribution in [-0.2, 0) is 19.1 Å². The first kappa shape index (κ1) is 17.0. The highest BCUT2D eigenvalue weighted by Gasteiger charge is 2.68. The molecule has 1 aliphatic carbocycles. The van der Waals surface area contributed by atoms with Gasteiger partial charge in [0.1, 0.15) is 11.2 Å². The summed E-state index contributed by atoms with van der Waals surface area (Å²) in [6.07, 6.45) is 0.788. The number of aliphatic hydroxyl groups excluding tert-OH is 1. The van der Waals surface area contributed by atoms with Crippen molar-refractivity contribution in [2.75, 3.05) is 6.61 Å². The molecule has 0 spiro atoms. The van der Waals surface area contributed by atoms with Crippen molar-refractivity contribution in [1.82, 2.24) is 0 Å². The van der Waals surface area contributed by atoms with Crippen molar-refractivity contribution in [3.8, 4) is 0 Å². The van der Waals surface area contributed by atoms with Gasteiger partial charge in [0.05, 0.1) is 0 Å². The van der Waals surface area contributed by atoms with E-state index in [0.717, 1.165) is 0 Å². The number of aliphatic hydroxyl groups is 1. The Labute approximate surface area is 120 Å². The molecule has 0 radical (unpaired) electrons. The summed E-state index contributed by atoms with van der Waals surface area (Å²) in [6, 6.07) is 0. The minimum atomic E-state index is -1.23. The Kier molecular flexibility index (Phi) is 4.54. The zero-order chi connectivity index (χ0) is 15.8. The van der Waals surface area contributed by atoms with Crippen LogP contribution in [0.1, 0.15) is 54.4 Å². The van der Waals surface area contributed by atoms with E-state index in [4.69, 9.17) is 14.6 Å². The molecule has 1 saturated carbocycles. The molecular formula is C15H26O5. The fourth-order valence-corrected chi connectivity index (χ4v) is 2.16. The van der Waals surface area contributed by atoms with Crippen LogP contribution in [0, 0.1) is 11.3 Å². The summed E-state index contributed by atoms with van der Waals surface area (Å²) in [5.74, 6) is -1.28. The van der Waals surface area contributed by atoms with Gasteiger partial charge in [0, 0.05) is 6.61 Å². The molecule has 1 fully saturated rings. The lowest BCUT2D eigenvalue weighted by molar-refractivity contribution is -0.178. The van der Waals surface area contributed by atoms with E-state index < -0.39 is 28.6 Å². The highest BCUT2D eigenvalue weighted by Crippen LogP contribution is 2.57. The second-order valence-electron chi connectivity index (χ2n) is 7.39. The number of rotatable bonds is 4. The predicted octanol–water partition coefficient (Wildman–Crippen LogP) is 2.06. The Hall–Kier alpha value is -1.10.